The maximum Gasteiger partial charge on any atom is 0.263 e. The molecule has 3 aromatic rings. The Bertz CT molecular complexity index is 753. The van der Waals surface area contributed by atoms with Gasteiger partial charge in [-0.25, -0.2) is 9.97 Å². The van der Waals surface area contributed by atoms with Crippen molar-refractivity contribution in [2.45, 2.75) is 33.2 Å². The van der Waals surface area contributed by atoms with E-state index in [1.54, 1.807) is 0 Å². The van der Waals surface area contributed by atoms with Crippen molar-refractivity contribution in [1.29, 1.82) is 0 Å². The first kappa shape index (κ1) is 14.8. The molecule has 0 spiro atoms. The summed E-state index contributed by atoms with van der Waals surface area (Å²) < 4.78 is 4.02. The number of thiazole rings is 1. The van der Waals surface area contributed by atoms with Gasteiger partial charge in [0.1, 0.15) is 10.7 Å². The quantitative estimate of drug-likeness (QED) is 0.710. The number of carbonyl (C=O) groups is 1. The number of fused-ring (bicyclic) bond motifs is 1. The van der Waals surface area contributed by atoms with Gasteiger partial charge in [-0.3, -0.25) is 9.20 Å². The van der Waals surface area contributed by atoms with Crippen LogP contribution < -0.4 is 5.32 Å². The first-order valence-corrected chi connectivity index (χ1v) is 8.16. The molecule has 1 N–H and O–H groups in total. The molecule has 3 rings (SSSR count). The highest BCUT2D eigenvalue weighted by Crippen LogP contribution is 2.17. The van der Waals surface area contributed by atoms with Crippen LogP contribution in [0.2, 0.25) is 0 Å². The van der Waals surface area contributed by atoms with E-state index < -0.39 is 0 Å². The second-order valence-electron chi connectivity index (χ2n) is 5.30. The van der Waals surface area contributed by atoms with E-state index in [0.717, 1.165) is 35.9 Å². The molecular formula is C15H19N5OS. The summed E-state index contributed by atoms with van der Waals surface area (Å²) in [5.74, 6) is 1.01. The zero-order chi connectivity index (χ0) is 15.5. The molecular weight excluding hydrogens is 298 g/mol. The van der Waals surface area contributed by atoms with Crippen molar-refractivity contribution < 1.29 is 4.79 Å². The summed E-state index contributed by atoms with van der Waals surface area (Å²) in [6, 6.07) is 0. The lowest BCUT2D eigenvalue weighted by molar-refractivity contribution is 0.0956. The second-order valence-corrected chi connectivity index (χ2v) is 6.31. The number of rotatable bonds is 6. The number of hydrogen-bond donors (Lipinski definition) is 1. The van der Waals surface area contributed by atoms with Crippen LogP contribution >= 0.6 is 11.3 Å². The lowest BCUT2D eigenvalue weighted by Crippen LogP contribution is -2.23. The zero-order valence-electron chi connectivity index (χ0n) is 12.7. The molecule has 0 bridgehead atoms. The molecule has 7 heteroatoms. The van der Waals surface area contributed by atoms with Gasteiger partial charge in [0.25, 0.3) is 5.91 Å². The largest absolute Gasteiger partial charge is 0.351 e. The molecule has 1 amide bonds. The van der Waals surface area contributed by atoms with Gasteiger partial charge in [0.2, 0.25) is 0 Å². The minimum Gasteiger partial charge on any atom is -0.351 e. The van der Waals surface area contributed by atoms with Crippen molar-refractivity contribution in [2.75, 3.05) is 6.54 Å². The topological polar surface area (TPSA) is 64.2 Å². The van der Waals surface area contributed by atoms with Crippen molar-refractivity contribution in [3.05, 3.63) is 41.2 Å². The van der Waals surface area contributed by atoms with E-state index in [1.165, 1.54) is 11.3 Å². The smallest absolute Gasteiger partial charge is 0.263 e. The minimum atomic E-state index is -0.0213. The summed E-state index contributed by atoms with van der Waals surface area (Å²) in [5, 5.41) is 2.96. The van der Waals surface area contributed by atoms with Crippen LogP contribution in [0.3, 0.4) is 0 Å². The van der Waals surface area contributed by atoms with Gasteiger partial charge < -0.3 is 9.88 Å². The number of carbonyl (C=O) groups excluding carboxylic acids is 1. The Balaban J connectivity index is 1.44. The van der Waals surface area contributed by atoms with Crippen LogP contribution in [-0.4, -0.2) is 31.4 Å². The summed E-state index contributed by atoms with van der Waals surface area (Å²) in [5.41, 5.74) is 0.966. The number of nitrogens with zero attached hydrogens (tertiary/aromatic N) is 4. The van der Waals surface area contributed by atoms with E-state index >= 15 is 0 Å². The van der Waals surface area contributed by atoms with Gasteiger partial charge in [-0.2, -0.15) is 0 Å². The number of aromatic nitrogens is 4. The van der Waals surface area contributed by atoms with Gasteiger partial charge in [0.05, 0.1) is 5.69 Å². The second kappa shape index (κ2) is 6.31. The summed E-state index contributed by atoms with van der Waals surface area (Å²) in [6.07, 6.45) is 9.53. The van der Waals surface area contributed by atoms with Gasteiger partial charge in [-0.05, 0) is 26.7 Å². The van der Waals surface area contributed by atoms with Crippen LogP contribution in [-0.2, 0) is 6.54 Å². The predicted octanol–water partition coefficient (Wildman–Crippen LogP) is 2.42. The molecule has 0 fully saturated rings. The number of aryl methyl sites for hydroxylation is 3. The van der Waals surface area contributed by atoms with Crippen molar-refractivity contribution >= 4 is 22.2 Å². The average Bonchev–Trinajstić information content (AvgIpc) is 3.13. The fourth-order valence-electron chi connectivity index (χ4n) is 2.35. The zero-order valence-corrected chi connectivity index (χ0v) is 13.6. The summed E-state index contributed by atoms with van der Waals surface area (Å²) in [6.45, 7) is 5.57. The van der Waals surface area contributed by atoms with E-state index in [2.05, 4.69) is 19.9 Å². The third kappa shape index (κ3) is 3.19. The van der Waals surface area contributed by atoms with E-state index in [4.69, 9.17) is 0 Å². The highest BCUT2D eigenvalue weighted by Gasteiger charge is 2.11. The fourth-order valence-corrected chi connectivity index (χ4v) is 3.28. The first-order chi connectivity index (χ1) is 10.6. The molecule has 3 heterocycles. The van der Waals surface area contributed by atoms with Gasteiger partial charge in [-0.1, -0.05) is 11.3 Å². The number of amides is 1. The van der Waals surface area contributed by atoms with Gasteiger partial charge >= 0.3 is 0 Å². The maximum absolute atomic E-state index is 12.1. The molecule has 22 heavy (non-hydrogen) atoms. The molecule has 0 aliphatic rings. The van der Waals surface area contributed by atoms with Gasteiger partial charge in [0.15, 0.2) is 4.96 Å². The molecule has 0 saturated heterocycles. The summed E-state index contributed by atoms with van der Waals surface area (Å²) in [4.78, 5) is 22.2. The number of imidazole rings is 2. The number of unbranched alkanes of at least 4 members (excludes halogenated alkanes) is 1. The van der Waals surface area contributed by atoms with Crippen LogP contribution in [0.5, 0.6) is 0 Å². The van der Waals surface area contributed by atoms with E-state index in [9.17, 15) is 4.79 Å². The monoisotopic (exact) mass is 317 g/mol. The normalized spacial score (nSPS) is 11.2. The Labute approximate surface area is 132 Å². The Morgan fingerprint density at radius 2 is 2.18 bits per heavy atom. The molecule has 6 nitrogen and oxygen atoms in total. The predicted molar refractivity (Wildman–Crippen MR) is 86.3 cm³/mol. The third-order valence-corrected chi connectivity index (χ3v) is 4.53. The summed E-state index contributed by atoms with van der Waals surface area (Å²) in [7, 11) is 0. The third-order valence-electron chi connectivity index (χ3n) is 3.54. The Morgan fingerprint density at radius 1 is 1.32 bits per heavy atom. The maximum atomic E-state index is 12.1. The first-order valence-electron chi connectivity index (χ1n) is 7.34. The van der Waals surface area contributed by atoms with Crippen molar-refractivity contribution in [1.82, 2.24) is 24.3 Å². The highest BCUT2D eigenvalue weighted by molar-refractivity contribution is 7.18. The molecule has 0 saturated carbocycles. The van der Waals surface area contributed by atoms with Crippen LogP contribution in [0.25, 0.3) is 4.96 Å². The molecule has 3 aromatic heterocycles. The molecule has 0 aliphatic heterocycles. The standard InChI is InChI=1S/C15H19N5OS/c1-11-9-20-10-13(22-15(20)18-11)14(21)17-5-3-4-7-19-8-6-16-12(19)2/h6,8-10H,3-5,7H2,1-2H3,(H,17,21). The molecule has 0 radical (unpaired) electrons. The Kier molecular flexibility index (Phi) is 4.24. The SMILES string of the molecule is Cc1cn2cc(C(=O)NCCCCn3ccnc3C)sc2n1. The van der Waals surface area contributed by atoms with Crippen molar-refractivity contribution in [2.24, 2.45) is 0 Å². The van der Waals surface area contributed by atoms with E-state index in [1.807, 2.05) is 43.0 Å². The highest BCUT2D eigenvalue weighted by atomic mass is 32.1. The van der Waals surface area contributed by atoms with E-state index in [-0.39, 0.29) is 5.91 Å². The number of hydrogen-bond acceptors (Lipinski definition) is 4. The van der Waals surface area contributed by atoms with Crippen LogP contribution in [0.1, 0.15) is 34.0 Å². The molecule has 0 atom stereocenters. The lowest BCUT2D eigenvalue weighted by atomic mass is 10.3. The minimum absolute atomic E-state index is 0.0213. The lowest BCUT2D eigenvalue weighted by Gasteiger charge is -2.05. The van der Waals surface area contributed by atoms with Crippen LogP contribution in [0.15, 0.2) is 24.8 Å². The Morgan fingerprint density at radius 3 is 2.91 bits per heavy atom. The average molecular weight is 317 g/mol. The molecule has 116 valence electrons. The van der Waals surface area contributed by atoms with E-state index in [0.29, 0.717) is 11.4 Å². The Hall–Kier alpha value is -2.15. The summed E-state index contributed by atoms with van der Waals surface area (Å²) >= 11 is 1.42. The fraction of sp³-hybridized carbons (Fsp3) is 0.400. The van der Waals surface area contributed by atoms with Crippen LogP contribution in [0, 0.1) is 13.8 Å². The van der Waals surface area contributed by atoms with Gasteiger partial charge in [0, 0.05) is 37.9 Å². The molecule has 0 unspecified atom stereocenters. The van der Waals surface area contributed by atoms with Crippen LogP contribution in [0.4, 0.5) is 0 Å². The molecule has 0 aliphatic carbocycles. The molecule has 0 aromatic carbocycles. The van der Waals surface area contributed by atoms with Gasteiger partial charge in [-0.15, -0.1) is 0 Å². The van der Waals surface area contributed by atoms with Crippen molar-refractivity contribution in [3.63, 3.8) is 0 Å². The van der Waals surface area contributed by atoms with Crippen molar-refractivity contribution in [3.8, 4) is 0 Å². The number of nitrogens with one attached hydrogen (secondary N) is 1.